The molecule has 0 bridgehead atoms. The lowest BCUT2D eigenvalue weighted by Gasteiger charge is -2.28. The van der Waals surface area contributed by atoms with Gasteiger partial charge in [-0.25, -0.2) is 0 Å². The average molecular weight is 987 g/mol. The first-order valence-corrected chi connectivity index (χ1v) is 24.5. The van der Waals surface area contributed by atoms with Crippen LogP contribution >= 0.6 is 11.8 Å². The quantitative estimate of drug-likeness (QED) is 0.0540. The number of para-hydroxylation sites is 1. The second kappa shape index (κ2) is 27.1. The number of fused-ring (bicyclic) bond motifs is 1. The second-order valence-corrected chi connectivity index (χ2v) is 18.5. The molecule has 1 fully saturated rings. The Balaban J connectivity index is 1.58. The summed E-state index contributed by atoms with van der Waals surface area (Å²) in [5, 5.41) is 50.5. The Morgan fingerprint density at radius 3 is 1.97 bits per heavy atom. The highest BCUT2D eigenvalue weighted by molar-refractivity contribution is 7.99. The largest absolute Gasteiger partial charge is 0.394 e. The molecular formula is C49H66N10O10S. The minimum atomic E-state index is -1.68. The van der Waals surface area contributed by atoms with Gasteiger partial charge in [-0.1, -0.05) is 78.9 Å². The van der Waals surface area contributed by atoms with Crippen molar-refractivity contribution >= 4 is 64.0 Å². The number of carbonyl (C=O) groups is 7. The number of H-pyrrole nitrogens is 1. The third kappa shape index (κ3) is 16.1. The second-order valence-electron chi connectivity index (χ2n) is 17.4. The first-order valence-electron chi connectivity index (χ1n) is 23.3. The number of benzene rings is 3. The van der Waals surface area contributed by atoms with Gasteiger partial charge in [-0.05, 0) is 68.8 Å². The number of aliphatic hydroxyl groups is 3. The van der Waals surface area contributed by atoms with Crippen molar-refractivity contribution in [2.75, 3.05) is 24.7 Å². The first kappa shape index (κ1) is 54.6. The van der Waals surface area contributed by atoms with Gasteiger partial charge in [-0.15, -0.1) is 0 Å². The van der Waals surface area contributed by atoms with Crippen molar-refractivity contribution < 1.29 is 48.9 Å². The van der Waals surface area contributed by atoms with E-state index in [4.69, 9.17) is 11.5 Å². The predicted molar refractivity (Wildman–Crippen MR) is 264 cm³/mol. The summed E-state index contributed by atoms with van der Waals surface area (Å²) in [4.78, 5) is 103. The van der Waals surface area contributed by atoms with Crippen molar-refractivity contribution in [1.29, 1.82) is 0 Å². The van der Waals surface area contributed by atoms with E-state index >= 15 is 0 Å². The molecule has 5 rings (SSSR count). The fraction of sp³-hybridized carbons (Fsp3) is 0.449. The van der Waals surface area contributed by atoms with Gasteiger partial charge in [0, 0.05) is 41.4 Å². The molecular weight excluding hydrogens is 921 g/mol. The van der Waals surface area contributed by atoms with E-state index in [9.17, 15) is 48.9 Å². The van der Waals surface area contributed by atoms with Gasteiger partial charge in [0.25, 0.3) is 0 Å². The number of aromatic amines is 1. The number of rotatable bonds is 17. The third-order valence-corrected chi connectivity index (χ3v) is 13.0. The number of nitrogens with one attached hydrogen (secondary N) is 8. The van der Waals surface area contributed by atoms with Crippen LogP contribution in [0.15, 0.2) is 91.1 Å². The van der Waals surface area contributed by atoms with E-state index in [0.717, 1.165) is 28.2 Å². The van der Waals surface area contributed by atoms with Crippen LogP contribution in [-0.4, -0.2) is 147 Å². The third-order valence-electron chi connectivity index (χ3n) is 11.9. The zero-order valence-electron chi connectivity index (χ0n) is 39.3. The molecule has 0 radical (unpaired) electrons. The molecule has 1 aliphatic rings. The van der Waals surface area contributed by atoms with Crippen LogP contribution in [0.25, 0.3) is 10.9 Å². The maximum absolute atomic E-state index is 14.7. The molecule has 2 heterocycles. The maximum Gasteiger partial charge on any atom is 0.245 e. The first-order chi connectivity index (χ1) is 33.6. The normalized spacial score (nSPS) is 22.8. The van der Waals surface area contributed by atoms with E-state index < -0.39 is 108 Å². The number of amides is 7. The van der Waals surface area contributed by atoms with Crippen LogP contribution in [0.5, 0.6) is 0 Å². The van der Waals surface area contributed by atoms with Gasteiger partial charge in [0.1, 0.15) is 36.3 Å². The smallest absolute Gasteiger partial charge is 0.245 e. The van der Waals surface area contributed by atoms with Crippen molar-refractivity contribution in [3.8, 4) is 0 Å². The summed E-state index contributed by atoms with van der Waals surface area (Å²) in [7, 11) is 0. The fourth-order valence-corrected chi connectivity index (χ4v) is 8.88. The number of hydrogen-bond acceptors (Lipinski definition) is 13. The zero-order chi connectivity index (χ0) is 50.7. The number of nitrogens with two attached hydrogens (primary N) is 2. The molecule has 1 aliphatic heterocycles. The standard InChI is InChI=1S/C49H66N10O10S/c1-28(61)39(25-60)56-48(68)41-27-70-26-40(57-43(63)34(51)21-30-13-5-3-6-14-30)47(67)54-37(22-31-15-7-4-8-16-31)45(65)55-38(23-32-24-52-35-18-10-9-17-33(32)35)46(66)53-36(19-11-12-20-50)44(64)59-42(29(2)62)49(69)58-41/h3-10,13-18,24,28-29,34,36-42,52,60-62H,11-12,19-23,25-27,50-51H2,1-2H3,(H,53,66)(H,54,67)(H,55,65)(H,56,68)(H,57,63)(H,58,69)(H,59,64). The molecule has 7 amide bonds. The van der Waals surface area contributed by atoms with Gasteiger partial charge in [0.15, 0.2) is 0 Å². The van der Waals surface area contributed by atoms with Crippen molar-refractivity contribution in [2.24, 2.45) is 11.5 Å². The van der Waals surface area contributed by atoms with Crippen LogP contribution in [0, 0.1) is 0 Å². The molecule has 70 heavy (non-hydrogen) atoms. The Hall–Kier alpha value is -6.36. The molecule has 3 aromatic carbocycles. The van der Waals surface area contributed by atoms with Crippen LogP contribution in [-0.2, 0) is 52.8 Å². The lowest BCUT2D eigenvalue weighted by molar-refractivity contribution is -0.136. The molecule has 378 valence electrons. The molecule has 10 unspecified atom stereocenters. The summed E-state index contributed by atoms with van der Waals surface area (Å²) >= 11 is 0.947. The number of aromatic nitrogens is 1. The summed E-state index contributed by atoms with van der Waals surface area (Å²) in [6.07, 6.45) is -0.223. The van der Waals surface area contributed by atoms with E-state index in [1.165, 1.54) is 13.8 Å². The van der Waals surface area contributed by atoms with E-state index in [1.807, 2.05) is 30.3 Å². The van der Waals surface area contributed by atoms with Gasteiger partial charge in [0.2, 0.25) is 41.4 Å². The minimum absolute atomic E-state index is 0.0367. The summed E-state index contributed by atoms with van der Waals surface area (Å²) in [6, 6.07) is 14.3. The molecule has 0 spiro atoms. The maximum atomic E-state index is 14.7. The Kier molecular flexibility index (Phi) is 21.2. The molecule has 1 saturated heterocycles. The average Bonchev–Trinajstić information content (AvgIpc) is 3.75. The van der Waals surface area contributed by atoms with Crippen molar-refractivity contribution in [2.45, 2.75) is 113 Å². The van der Waals surface area contributed by atoms with Crippen molar-refractivity contribution in [1.82, 2.24) is 42.2 Å². The van der Waals surface area contributed by atoms with Gasteiger partial charge < -0.3 is 69.0 Å². The zero-order valence-corrected chi connectivity index (χ0v) is 40.1. The summed E-state index contributed by atoms with van der Waals surface area (Å²) < 4.78 is 0. The summed E-state index contributed by atoms with van der Waals surface area (Å²) in [6.45, 7) is 2.19. The monoisotopic (exact) mass is 986 g/mol. The molecule has 0 saturated carbocycles. The minimum Gasteiger partial charge on any atom is -0.394 e. The van der Waals surface area contributed by atoms with E-state index in [-0.39, 0.29) is 43.7 Å². The van der Waals surface area contributed by atoms with Crippen LogP contribution < -0.4 is 48.7 Å². The van der Waals surface area contributed by atoms with Gasteiger partial charge >= 0.3 is 0 Å². The molecule has 20 nitrogen and oxygen atoms in total. The highest BCUT2D eigenvalue weighted by Crippen LogP contribution is 2.20. The van der Waals surface area contributed by atoms with Crippen LogP contribution in [0.3, 0.4) is 0 Å². The van der Waals surface area contributed by atoms with Crippen LogP contribution in [0.1, 0.15) is 49.8 Å². The molecule has 15 N–H and O–H groups in total. The highest BCUT2D eigenvalue weighted by Gasteiger charge is 2.36. The topological polar surface area (TPSA) is 332 Å². The number of carbonyl (C=O) groups excluding carboxylic acids is 7. The van der Waals surface area contributed by atoms with Crippen LogP contribution in [0.2, 0.25) is 0 Å². The number of thioether (sulfide) groups is 1. The summed E-state index contributed by atoms with van der Waals surface area (Å²) in [5.74, 6) is -6.34. The van der Waals surface area contributed by atoms with Gasteiger partial charge in [0.05, 0.1) is 30.9 Å². The molecule has 0 aliphatic carbocycles. The number of hydrogen-bond donors (Lipinski definition) is 13. The summed E-state index contributed by atoms with van der Waals surface area (Å²) in [5.41, 5.74) is 15.0. The molecule has 21 heteroatoms. The van der Waals surface area contributed by atoms with Gasteiger partial charge in [-0.2, -0.15) is 11.8 Å². The van der Waals surface area contributed by atoms with E-state index in [0.29, 0.717) is 24.0 Å². The Labute approximate surface area is 410 Å². The Morgan fingerprint density at radius 1 is 0.729 bits per heavy atom. The van der Waals surface area contributed by atoms with Crippen molar-refractivity contribution in [3.63, 3.8) is 0 Å². The number of unbranched alkanes of at least 4 members (excludes halogenated alkanes) is 1. The van der Waals surface area contributed by atoms with Crippen molar-refractivity contribution in [3.05, 3.63) is 108 Å². The Bertz CT molecular complexity index is 2370. The Morgan fingerprint density at radius 2 is 1.33 bits per heavy atom. The highest BCUT2D eigenvalue weighted by atomic mass is 32.2. The molecule has 10 atom stereocenters. The molecule has 1 aromatic heterocycles. The van der Waals surface area contributed by atoms with E-state index in [2.05, 4.69) is 42.2 Å². The lowest BCUT2D eigenvalue weighted by atomic mass is 10.0. The van der Waals surface area contributed by atoms with E-state index in [1.54, 1.807) is 60.8 Å². The SMILES string of the molecule is CC(O)C(CO)NC(=O)C1CSCC(NC(=O)C(N)Cc2ccccc2)C(=O)NC(Cc2ccccc2)C(=O)NC(Cc2c[nH]c3ccccc23)C(=O)NC(CCCCN)C(=O)NC(C(C)O)C(=O)N1. The van der Waals surface area contributed by atoms with Gasteiger partial charge in [-0.3, -0.25) is 33.6 Å². The predicted octanol–water partition coefficient (Wildman–Crippen LogP) is -1.45. The fourth-order valence-electron chi connectivity index (χ4n) is 7.80. The molecule has 4 aromatic rings. The van der Waals surface area contributed by atoms with Crippen LogP contribution in [0.4, 0.5) is 0 Å². The lowest BCUT2D eigenvalue weighted by Crippen LogP contribution is -2.62. The number of aliphatic hydroxyl groups excluding tert-OH is 3.